The molecule has 0 saturated carbocycles. The predicted molar refractivity (Wildman–Crippen MR) is 291 cm³/mol. The van der Waals surface area contributed by atoms with Gasteiger partial charge < -0.3 is 14.2 Å². The lowest BCUT2D eigenvalue weighted by atomic mass is 10.0. The molecule has 0 aliphatic heterocycles. The molecule has 0 radical (unpaired) electrons. The Bertz CT molecular complexity index is 2750. The van der Waals surface area contributed by atoms with E-state index in [0.29, 0.717) is 12.2 Å². The molecule has 352 valence electrons. The van der Waals surface area contributed by atoms with E-state index in [9.17, 15) is 4.79 Å². The molecule has 0 aliphatic rings. The summed E-state index contributed by atoms with van der Waals surface area (Å²) in [5.74, 6) is 2.22. The van der Waals surface area contributed by atoms with Gasteiger partial charge in [-0.25, -0.2) is 4.79 Å². The molecule has 0 atom stereocenters. The first kappa shape index (κ1) is 52.3. The van der Waals surface area contributed by atoms with Crippen molar-refractivity contribution in [2.45, 2.75) is 69.2 Å². The molecule has 0 bridgehead atoms. The number of rotatable bonds is 8. The van der Waals surface area contributed by atoms with Gasteiger partial charge in [0.25, 0.3) is 0 Å². The second-order valence-corrected chi connectivity index (χ2v) is 17.6. The van der Waals surface area contributed by atoms with Crippen molar-refractivity contribution in [2.24, 2.45) is 0 Å². The van der Waals surface area contributed by atoms with Gasteiger partial charge in [0.1, 0.15) is 30.5 Å². The first-order chi connectivity index (χ1) is 33.2. The van der Waals surface area contributed by atoms with E-state index in [-0.39, 0.29) is 12.6 Å². The summed E-state index contributed by atoms with van der Waals surface area (Å²) in [6, 6.07) is 70.0. The minimum atomic E-state index is -0.322. The van der Waals surface area contributed by atoms with Crippen molar-refractivity contribution in [3.63, 3.8) is 0 Å². The third-order valence-corrected chi connectivity index (χ3v) is 11.0. The van der Waals surface area contributed by atoms with Gasteiger partial charge in [-0.1, -0.05) is 213 Å². The maximum atomic E-state index is 11.7. The van der Waals surface area contributed by atoms with Gasteiger partial charge in [-0.15, -0.1) is 0 Å². The number of esters is 1. The van der Waals surface area contributed by atoms with Crippen LogP contribution in [0.2, 0.25) is 0 Å². The zero-order valence-electron chi connectivity index (χ0n) is 42.2. The van der Waals surface area contributed by atoms with Gasteiger partial charge in [0, 0.05) is 0 Å². The van der Waals surface area contributed by atoms with Gasteiger partial charge >= 0.3 is 5.97 Å². The molecular weight excluding hydrogens is 845 g/mol. The number of fused-ring (bicyclic) bond motifs is 1. The highest BCUT2D eigenvalue weighted by Crippen LogP contribution is 2.23. The number of aryl methyl sites for hydroxylation is 10. The summed E-state index contributed by atoms with van der Waals surface area (Å²) in [5.41, 5.74) is 15.8. The summed E-state index contributed by atoms with van der Waals surface area (Å²) in [4.78, 5) is 11.7. The van der Waals surface area contributed by atoms with Crippen molar-refractivity contribution < 1.29 is 19.0 Å². The van der Waals surface area contributed by atoms with Crippen LogP contribution >= 0.6 is 0 Å². The Labute approximate surface area is 412 Å². The van der Waals surface area contributed by atoms with Crippen LogP contribution in [0.4, 0.5) is 0 Å². The van der Waals surface area contributed by atoms with E-state index in [1.165, 1.54) is 72.0 Å². The molecule has 0 aromatic heterocycles. The monoisotopic (exact) mass is 913 g/mol. The Morgan fingerprint density at radius 1 is 0.304 bits per heavy atom. The smallest absolute Gasteiger partial charge is 0.338 e. The minimum absolute atomic E-state index is 0.237. The van der Waals surface area contributed by atoms with Gasteiger partial charge in [-0.05, 0) is 140 Å². The zero-order chi connectivity index (χ0) is 49.5. The van der Waals surface area contributed by atoms with E-state index in [1.807, 2.05) is 98.8 Å². The van der Waals surface area contributed by atoms with Crippen LogP contribution < -0.4 is 9.47 Å². The Kier molecular flexibility index (Phi) is 20.6. The number of ether oxygens (including phenoxy) is 3. The fourth-order valence-electron chi connectivity index (χ4n) is 6.66. The number of carbonyl (C=O) groups is 1. The summed E-state index contributed by atoms with van der Waals surface area (Å²) in [6.07, 6.45) is 0. The normalized spacial score (nSPS) is 10.1. The highest BCUT2D eigenvalue weighted by molar-refractivity contribution is 5.89. The van der Waals surface area contributed by atoms with Gasteiger partial charge in [-0.3, -0.25) is 0 Å². The first-order valence-electron chi connectivity index (χ1n) is 23.6. The van der Waals surface area contributed by atoms with Gasteiger partial charge in [0.2, 0.25) is 0 Å². The third-order valence-electron chi connectivity index (χ3n) is 11.0. The Morgan fingerprint density at radius 2 is 0.580 bits per heavy atom. The second kappa shape index (κ2) is 27.2. The lowest BCUT2D eigenvalue weighted by molar-refractivity contribution is 0.0450. The van der Waals surface area contributed by atoms with Crippen LogP contribution in [0, 0.1) is 69.2 Å². The van der Waals surface area contributed by atoms with E-state index in [0.717, 1.165) is 22.8 Å². The summed E-state index contributed by atoms with van der Waals surface area (Å²) < 4.78 is 16.3. The maximum absolute atomic E-state index is 11.7. The molecule has 0 fully saturated rings. The van der Waals surface area contributed by atoms with Crippen LogP contribution in [-0.2, 0) is 4.74 Å². The molecule has 9 rings (SSSR count). The van der Waals surface area contributed by atoms with Gasteiger partial charge in [-0.2, -0.15) is 0 Å². The third kappa shape index (κ3) is 19.2. The first-order valence-corrected chi connectivity index (χ1v) is 23.6. The van der Waals surface area contributed by atoms with Crippen molar-refractivity contribution in [3.05, 3.63) is 267 Å². The molecule has 4 nitrogen and oxygen atoms in total. The largest absolute Gasteiger partial charge is 0.490 e. The standard InChI is InChI=1S/C17H18O3.C14H14O.C14H14.C12H12.C8H10/c1-13-3-7-15(8-4-13)17(18)20-12-11-19-16-9-5-14(2)6-10-16;1-11-3-7-13(8-4-11)15-14-9-5-12(2)6-10-14;1-11-3-7-13(8-4-11)14-9-5-12(2)6-10-14;1-9-3-5-12-8-10(2)4-6-11(12)7-9;1-7-3-5-8(2)6-4-7/h3-10H,11-12H2,1-2H3;3-10H,1-2H3;3-10H,1-2H3;3-8H,1-2H3;3-6H,1-2H3. The van der Waals surface area contributed by atoms with Gasteiger partial charge in [0.05, 0.1) is 5.56 Å². The quantitative estimate of drug-likeness (QED) is 0.113. The van der Waals surface area contributed by atoms with E-state index < -0.39 is 0 Å². The summed E-state index contributed by atoms with van der Waals surface area (Å²) in [7, 11) is 0. The molecule has 0 heterocycles. The lowest BCUT2D eigenvalue weighted by Crippen LogP contribution is -2.12. The summed E-state index contributed by atoms with van der Waals surface area (Å²) in [6.45, 7) is 21.4. The molecular formula is C65H68O4. The van der Waals surface area contributed by atoms with Crippen molar-refractivity contribution in [3.8, 4) is 28.4 Å². The Balaban J connectivity index is 0.000000165. The van der Waals surface area contributed by atoms with Crippen LogP contribution in [0.5, 0.6) is 17.2 Å². The summed E-state index contributed by atoms with van der Waals surface area (Å²) >= 11 is 0. The molecule has 0 unspecified atom stereocenters. The molecule has 0 N–H and O–H groups in total. The van der Waals surface area contributed by atoms with Crippen LogP contribution in [0.3, 0.4) is 0 Å². The fraction of sp³-hybridized carbons (Fsp3) is 0.185. The molecule has 4 heteroatoms. The van der Waals surface area contributed by atoms with Gasteiger partial charge in [0.15, 0.2) is 0 Å². The summed E-state index contributed by atoms with van der Waals surface area (Å²) in [5, 5.41) is 2.67. The van der Waals surface area contributed by atoms with Crippen LogP contribution in [0.25, 0.3) is 21.9 Å². The maximum Gasteiger partial charge on any atom is 0.338 e. The SMILES string of the molecule is Cc1ccc(-c2ccc(C)cc2)cc1.Cc1ccc(C)cc1.Cc1ccc(OCCOC(=O)c2ccc(C)cc2)cc1.Cc1ccc(Oc2ccc(C)cc2)cc1.Cc1ccc2cc(C)ccc2c1. The van der Waals surface area contributed by atoms with E-state index in [4.69, 9.17) is 14.2 Å². The minimum Gasteiger partial charge on any atom is -0.490 e. The van der Waals surface area contributed by atoms with Crippen LogP contribution in [0.15, 0.2) is 206 Å². The topological polar surface area (TPSA) is 44.8 Å². The molecule has 0 saturated heterocycles. The number of carbonyl (C=O) groups excluding carboxylic acids is 1. The molecule has 9 aromatic carbocycles. The average Bonchev–Trinajstić information content (AvgIpc) is 3.35. The van der Waals surface area contributed by atoms with Crippen LogP contribution in [0.1, 0.15) is 66.0 Å². The van der Waals surface area contributed by atoms with Crippen molar-refractivity contribution >= 4 is 16.7 Å². The molecule has 69 heavy (non-hydrogen) atoms. The number of benzene rings is 9. The predicted octanol–water partition coefficient (Wildman–Crippen LogP) is 17.4. The molecule has 0 aliphatic carbocycles. The molecule has 0 spiro atoms. The highest BCUT2D eigenvalue weighted by Gasteiger charge is 2.06. The number of hydrogen-bond donors (Lipinski definition) is 0. The average molecular weight is 913 g/mol. The highest BCUT2D eigenvalue weighted by atomic mass is 16.6. The number of hydrogen-bond acceptors (Lipinski definition) is 4. The van der Waals surface area contributed by atoms with E-state index >= 15 is 0 Å². The van der Waals surface area contributed by atoms with E-state index in [2.05, 4.69) is 165 Å². The Morgan fingerprint density at radius 3 is 0.928 bits per heavy atom. The van der Waals surface area contributed by atoms with Crippen molar-refractivity contribution in [2.75, 3.05) is 13.2 Å². The van der Waals surface area contributed by atoms with Crippen LogP contribution in [-0.4, -0.2) is 19.2 Å². The second-order valence-electron chi connectivity index (χ2n) is 17.6. The Hall–Kier alpha value is -7.69. The van der Waals surface area contributed by atoms with Crippen molar-refractivity contribution in [1.29, 1.82) is 0 Å². The molecule has 9 aromatic rings. The van der Waals surface area contributed by atoms with Crippen molar-refractivity contribution in [1.82, 2.24) is 0 Å². The van der Waals surface area contributed by atoms with E-state index in [1.54, 1.807) is 12.1 Å². The fourth-order valence-corrected chi connectivity index (χ4v) is 6.66. The zero-order valence-corrected chi connectivity index (χ0v) is 42.2. The molecule has 0 amide bonds. The lowest BCUT2D eigenvalue weighted by Gasteiger charge is -2.07.